The fourth-order valence-corrected chi connectivity index (χ4v) is 5.31. The Bertz CT molecular complexity index is 881. The second kappa shape index (κ2) is 10.8. The molecule has 166 valence electrons. The number of thiophene rings is 1. The molecule has 0 radical (unpaired) electrons. The van der Waals surface area contributed by atoms with Crippen molar-refractivity contribution in [3.8, 4) is 0 Å². The minimum absolute atomic E-state index is 0.0978. The molecule has 1 amide bonds. The molecule has 1 fully saturated rings. The zero-order valence-electron chi connectivity index (χ0n) is 18.3. The number of fused-ring (bicyclic) bond motifs is 1. The predicted molar refractivity (Wildman–Crippen MR) is 127 cm³/mol. The van der Waals surface area contributed by atoms with Crippen molar-refractivity contribution in [3.63, 3.8) is 0 Å². The zero-order chi connectivity index (χ0) is 21.5. The summed E-state index contributed by atoms with van der Waals surface area (Å²) in [6, 6.07) is 13.3. The van der Waals surface area contributed by atoms with Crippen molar-refractivity contribution in [1.82, 2.24) is 20.4 Å². The van der Waals surface area contributed by atoms with Crippen molar-refractivity contribution in [1.29, 1.82) is 0 Å². The van der Waals surface area contributed by atoms with Crippen molar-refractivity contribution < 1.29 is 4.79 Å². The minimum Gasteiger partial charge on any atom is -0.357 e. The number of nitrogens with zero attached hydrogens (tertiary/aromatic N) is 3. The van der Waals surface area contributed by atoms with Gasteiger partial charge in [-0.1, -0.05) is 30.3 Å². The number of aliphatic imine (C=N–C) groups is 1. The smallest absolute Gasteiger partial charge is 0.244 e. The van der Waals surface area contributed by atoms with Crippen molar-refractivity contribution >= 4 is 23.2 Å². The van der Waals surface area contributed by atoms with Crippen molar-refractivity contribution in [2.45, 2.75) is 45.3 Å². The Balaban J connectivity index is 1.29. The molecule has 1 unspecified atom stereocenters. The Labute approximate surface area is 189 Å². The third-order valence-electron chi connectivity index (χ3n) is 6.11. The summed E-state index contributed by atoms with van der Waals surface area (Å²) in [5, 5.41) is 8.89. The van der Waals surface area contributed by atoms with Crippen molar-refractivity contribution in [3.05, 3.63) is 57.8 Å². The van der Waals surface area contributed by atoms with Gasteiger partial charge in [-0.25, -0.2) is 4.99 Å². The van der Waals surface area contributed by atoms with Crippen LogP contribution in [0.1, 0.15) is 35.8 Å². The molecule has 2 aliphatic rings. The highest BCUT2D eigenvalue weighted by Gasteiger charge is 2.25. The summed E-state index contributed by atoms with van der Waals surface area (Å²) >= 11 is 1.79. The Morgan fingerprint density at radius 1 is 1.19 bits per heavy atom. The van der Waals surface area contributed by atoms with Crippen molar-refractivity contribution in [2.75, 3.05) is 32.7 Å². The second-order valence-electron chi connectivity index (χ2n) is 8.26. The Morgan fingerprint density at radius 3 is 2.90 bits per heavy atom. The van der Waals surface area contributed by atoms with Crippen LogP contribution in [0.5, 0.6) is 0 Å². The van der Waals surface area contributed by atoms with E-state index in [0.717, 1.165) is 45.1 Å². The SMILES string of the molecule is CCNC(=NCC(=O)N1CCc2sccc2C1)NCC1CCCN1Cc1ccccc1. The van der Waals surface area contributed by atoms with Crippen LogP contribution in [0.3, 0.4) is 0 Å². The normalized spacial score (nSPS) is 19.3. The maximum Gasteiger partial charge on any atom is 0.244 e. The van der Waals surface area contributed by atoms with E-state index in [1.54, 1.807) is 11.3 Å². The quantitative estimate of drug-likeness (QED) is 0.515. The Morgan fingerprint density at radius 2 is 2.06 bits per heavy atom. The van der Waals surface area contributed by atoms with Crippen LogP contribution in [0.15, 0.2) is 46.8 Å². The molecule has 31 heavy (non-hydrogen) atoms. The first-order valence-electron chi connectivity index (χ1n) is 11.4. The molecule has 1 atom stereocenters. The zero-order valence-corrected chi connectivity index (χ0v) is 19.2. The van der Waals surface area contributed by atoms with Gasteiger partial charge in [-0.05, 0) is 55.3 Å². The molecule has 0 bridgehead atoms. The Kier molecular flexibility index (Phi) is 7.59. The van der Waals surface area contributed by atoms with E-state index >= 15 is 0 Å². The van der Waals surface area contributed by atoms with E-state index < -0.39 is 0 Å². The number of nitrogens with one attached hydrogen (secondary N) is 2. The number of benzene rings is 1. The van der Waals surface area contributed by atoms with E-state index in [-0.39, 0.29) is 12.5 Å². The third-order valence-corrected chi connectivity index (χ3v) is 7.13. The predicted octanol–water partition coefficient (Wildman–Crippen LogP) is 2.85. The summed E-state index contributed by atoms with van der Waals surface area (Å²) in [5.74, 6) is 0.830. The van der Waals surface area contributed by atoms with E-state index in [2.05, 4.69) is 69.2 Å². The van der Waals surface area contributed by atoms with Crippen LogP contribution in [-0.2, 0) is 24.3 Å². The van der Waals surface area contributed by atoms with Gasteiger partial charge in [0.2, 0.25) is 5.91 Å². The average molecular weight is 440 g/mol. The standard InChI is InChI=1S/C24H33N5OS/c1-2-25-24(27-16-23(30)29-13-10-22-20(18-29)11-14-31-22)26-15-21-9-6-12-28(21)17-19-7-4-3-5-8-19/h3-5,7-8,11,14,21H,2,6,9-10,12-13,15-18H2,1H3,(H2,25,26,27). The minimum atomic E-state index is 0.0978. The number of amides is 1. The van der Waals surface area contributed by atoms with Crippen LogP contribution in [0.25, 0.3) is 0 Å². The summed E-state index contributed by atoms with van der Waals surface area (Å²) in [7, 11) is 0. The summed E-state index contributed by atoms with van der Waals surface area (Å²) in [6.45, 7) is 7.49. The summed E-state index contributed by atoms with van der Waals surface area (Å²) in [4.78, 5) is 23.2. The number of guanidine groups is 1. The van der Waals surface area contributed by atoms with Gasteiger partial charge in [-0.15, -0.1) is 11.3 Å². The number of carbonyl (C=O) groups excluding carboxylic acids is 1. The number of hydrogen-bond donors (Lipinski definition) is 2. The van der Waals surface area contributed by atoms with Crippen LogP contribution < -0.4 is 10.6 Å². The van der Waals surface area contributed by atoms with Gasteiger partial charge in [0.1, 0.15) is 6.54 Å². The maximum atomic E-state index is 12.7. The second-order valence-corrected chi connectivity index (χ2v) is 9.26. The first-order valence-corrected chi connectivity index (χ1v) is 12.2. The largest absolute Gasteiger partial charge is 0.357 e. The molecule has 0 spiro atoms. The first-order chi connectivity index (χ1) is 15.2. The molecule has 2 N–H and O–H groups in total. The van der Waals surface area contributed by atoms with Gasteiger partial charge < -0.3 is 15.5 Å². The molecular formula is C24H33N5OS. The van der Waals surface area contributed by atoms with E-state index in [0.29, 0.717) is 12.6 Å². The van der Waals surface area contributed by atoms with Crippen LogP contribution in [0.2, 0.25) is 0 Å². The molecule has 2 aliphatic heterocycles. The molecule has 1 saturated heterocycles. The van der Waals surface area contributed by atoms with Crippen LogP contribution in [0, 0.1) is 0 Å². The molecule has 1 aromatic heterocycles. The maximum absolute atomic E-state index is 12.7. The van der Waals surface area contributed by atoms with Crippen LogP contribution in [-0.4, -0.2) is 60.4 Å². The Hall–Kier alpha value is -2.38. The number of rotatable bonds is 7. The lowest BCUT2D eigenvalue weighted by atomic mass is 10.1. The van der Waals surface area contributed by atoms with Crippen LogP contribution in [0.4, 0.5) is 0 Å². The van der Waals surface area contributed by atoms with Gasteiger partial charge in [-0.3, -0.25) is 9.69 Å². The molecule has 7 heteroatoms. The van der Waals surface area contributed by atoms with Crippen LogP contribution >= 0.6 is 11.3 Å². The molecule has 2 aromatic rings. The van der Waals surface area contributed by atoms with Crippen molar-refractivity contribution in [2.24, 2.45) is 4.99 Å². The highest BCUT2D eigenvalue weighted by atomic mass is 32.1. The number of carbonyl (C=O) groups is 1. The highest BCUT2D eigenvalue weighted by molar-refractivity contribution is 7.10. The highest BCUT2D eigenvalue weighted by Crippen LogP contribution is 2.24. The topological polar surface area (TPSA) is 60.0 Å². The summed E-state index contributed by atoms with van der Waals surface area (Å²) in [6.07, 6.45) is 3.37. The van der Waals surface area contributed by atoms with Gasteiger partial charge in [0.15, 0.2) is 5.96 Å². The monoisotopic (exact) mass is 439 g/mol. The number of likely N-dealkylation sites (tertiary alicyclic amines) is 1. The van der Waals surface area contributed by atoms with Gasteiger partial charge >= 0.3 is 0 Å². The number of hydrogen-bond acceptors (Lipinski definition) is 4. The molecule has 4 rings (SSSR count). The molecule has 3 heterocycles. The molecular weight excluding hydrogens is 406 g/mol. The van der Waals surface area contributed by atoms with Gasteiger partial charge in [0.25, 0.3) is 0 Å². The first kappa shape index (κ1) is 21.8. The van der Waals surface area contributed by atoms with Gasteiger partial charge in [0, 0.05) is 43.6 Å². The fraction of sp³-hybridized carbons (Fsp3) is 0.500. The summed E-state index contributed by atoms with van der Waals surface area (Å²) < 4.78 is 0. The molecule has 0 saturated carbocycles. The lowest BCUT2D eigenvalue weighted by Gasteiger charge is -2.27. The molecule has 1 aromatic carbocycles. The molecule has 0 aliphatic carbocycles. The van der Waals surface area contributed by atoms with E-state index in [1.807, 2.05) is 4.90 Å². The third kappa shape index (κ3) is 5.86. The fourth-order valence-electron chi connectivity index (χ4n) is 4.42. The lowest BCUT2D eigenvalue weighted by molar-refractivity contribution is -0.130. The average Bonchev–Trinajstić information content (AvgIpc) is 3.45. The van der Waals surface area contributed by atoms with Gasteiger partial charge in [0.05, 0.1) is 0 Å². The van der Waals surface area contributed by atoms with E-state index in [9.17, 15) is 4.79 Å². The van der Waals surface area contributed by atoms with E-state index in [1.165, 1.54) is 28.8 Å². The molecule has 6 nitrogen and oxygen atoms in total. The van der Waals surface area contributed by atoms with E-state index in [4.69, 9.17) is 0 Å². The summed E-state index contributed by atoms with van der Waals surface area (Å²) in [5.41, 5.74) is 2.65. The van der Waals surface area contributed by atoms with Gasteiger partial charge in [-0.2, -0.15) is 0 Å². The lowest BCUT2D eigenvalue weighted by Crippen LogP contribution is -2.45.